The second kappa shape index (κ2) is 10.4. The van der Waals surface area contributed by atoms with Crippen LogP contribution >= 0.6 is 0 Å². The fourth-order valence-electron chi connectivity index (χ4n) is 4.95. The Kier molecular flexibility index (Phi) is 7.96. The van der Waals surface area contributed by atoms with E-state index in [4.69, 9.17) is 10.5 Å². The number of anilines is 1. The SMILES string of the molecule is CC(C)(C)OC(=O)N1CCC(C)(N2CCC(Nc3cc(CN)ccc3C(C(=O)O)C(=O)O)CC2)C1. The van der Waals surface area contributed by atoms with Gasteiger partial charge in [0.25, 0.3) is 0 Å². The molecule has 1 aromatic carbocycles. The van der Waals surface area contributed by atoms with Crippen molar-refractivity contribution in [1.82, 2.24) is 9.80 Å². The van der Waals surface area contributed by atoms with Crippen LogP contribution in [0, 0.1) is 0 Å². The zero-order valence-electron chi connectivity index (χ0n) is 21.0. The Morgan fingerprint density at radius 3 is 2.34 bits per heavy atom. The van der Waals surface area contributed by atoms with Gasteiger partial charge in [-0.3, -0.25) is 14.5 Å². The summed E-state index contributed by atoms with van der Waals surface area (Å²) in [5.41, 5.74) is 6.62. The lowest BCUT2D eigenvalue weighted by molar-refractivity contribution is -0.150. The number of rotatable bonds is 7. The molecule has 0 radical (unpaired) electrons. The van der Waals surface area contributed by atoms with Gasteiger partial charge in [0.15, 0.2) is 5.92 Å². The molecule has 0 spiro atoms. The zero-order valence-corrected chi connectivity index (χ0v) is 21.0. The second-order valence-electron chi connectivity index (χ2n) is 10.8. The number of ether oxygens (including phenoxy) is 1. The summed E-state index contributed by atoms with van der Waals surface area (Å²) in [5.74, 6) is -4.46. The number of carboxylic acids is 2. The molecule has 0 aromatic heterocycles. The largest absolute Gasteiger partial charge is 0.480 e. The number of nitrogens with zero attached hydrogens (tertiary/aromatic N) is 2. The molecule has 0 bridgehead atoms. The van der Waals surface area contributed by atoms with Crippen LogP contribution in [0.25, 0.3) is 0 Å². The molecule has 1 unspecified atom stereocenters. The summed E-state index contributed by atoms with van der Waals surface area (Å²) in [6.07, 6.45) is 2.20. The van der Waals surface area contributed by atoms with Crippen molar-refractivity contribution in [3.05, 3.63) is 29.3 Å². The fourth-order valence-corrected chi connectivity index (χ4v) is 4.95. The lowest BCUT2D eigenvalue weighted by Gasteiger charge is -2.43. The number of carbonyl (C=O) groups excluding carboxylic acids is 1. The number of amides is 1. The number of likely N-dealkylation sites (tertiary alicyclic amines) is 2. The Morgan fingerprint density at radius 1 is 1.17 bits per heavy atom. The molecule has 5 N–H and O–H groups in total. The molecule has 35 heavy (non-hydrogen) atoms. The van der Waals surface area contributed by atoms with Gasteiger partial charge in [-0.15, -0.1) is 0 Å². The number of benzene rings is 1. The summed E-state index contributed by atoms with van der Waals surface area (Å²) >= 11 is 0. The molecule has 10 nitrogen and oxygen atoms in total. The van der Waals surface area contributed by atoms with Crippen molar-refractivity contribution >= 4 is 23.7 Å². The average Bonchev–Trinajstić information content (AvgIpc) is 3.17. The van der Waals surface area contributed by atoms with Gasteiger partial charge in [-0.25, -0.2) is 4.79 Å². The Balaban J connectivity index is 1.65. The van der Waals surface area contributed by atoms with Gasteiger partial charge >= 0.3 is 18.0 Å². The van der Waals surface area contributed by atoms with Gasteiger partial charge in [-0.05, 0) is 58.6 Å². The van der Waals surface area contributed by atoms with Gasteiger partial charge in [0, 0.05) is 55.6 Å². The molecule has 194 valence electrons. The van der Waals surface area contributed by atoms with Crippen molar-refractivity contribution in [3.8, 4) is 0 Å². The highest BCUT2D eigenvalue weighted by atomic mass is 16.6. The Labute approximate surface area is 206 Å². The fraction of sp³-hybridized carbons (Fsp3) is 0.640. The average molecular weight is 491 g/mol. The van der Waals surface area contributed by atoms with E-state index < -0.39 is 23.5 Å². The predicted octanol–water partition coefficient (Wildman–Crippen LogP) is 2.67. The van der Waals surface area contributed by atoms with E-state index in [9.17, 15) is 24.6 Å². The Hall–Kier alpha value is -2.85. The topological polar surface area (TPSA) is 145 Å². The van der Waals surface area contributed by atoms with Crippen molar-refractivity contribution in [2.75, 3.05) is 31.5 Å². The minimum Gasteiger partial charge on any atom is -0.480 e. The molecule has 2 saturated heterocycles. The summed E-state index contributed by atoms with van der Waals surface area (Å²) in [4.78, 5) is 40.0. The third-order valence-corrected chi connectivity index (χ3v) is 6.88. The van der Waals surface area contributed by atoms with E-state index in [1.807, 2.05) is 20.8 Å². The molecule has 1 aromatic rings. The van der Waals surface area contributed by atoms with Crippen LogP contribution in [0.5, 0.6) is 0 Å². The summed E-state index contributed by atoms with van der Waals surface area (Å²) in [5, 5.41) is 22.4. The number of nitrogens with two attached hydrogens (primary N) is 1. The van der Waals surface area contributed by atoms with Gasteiger partial charge in [0.2, 0.25) is 0 Å². The predicted molar refractivity (Wildman–Crippen MR) is 131 cm³/mol. The van der Waals surface area contributed by atoms with E-state index in [1.165, 1.54) is 6.07 Å². The van der Waals surface area contributed by atoms with Crippen LogP contribution in [0.3, 0.4) is 0 Å². The van der Waals surface area contributed by atoms with E-state index in [2.05, 4.69) is 17.1 Å². The van der Waals surface area contributed by atoms with E-state index in [-0.39, 0.29) is 29.8 Å². The van der Waals surface area contributed by atoms with E-state index in [1.54, 1.807) is 17.0 Å². The molecule has 2 aliphatic rings. The molecule has 0 aliphatic carbocycles. The summed E-state index contributed by atoms with van der Waals surface area (Å²) in [6.45, 7) is 10.9. The molecule has 3 rings (SSSR count). The highest BCUT2D eigenvalue weighted by Crippen LogP contribution is 2.33. The van der Waals surface area contributed by atoms with Crippen molar-refractivity contribution in [3.63, 3.8) is 0 Å². The Bertz CT molecular complexity index is 940. The van der Waals surface area contributed by atoms with Gasteiger partial charge < -0.3 is 30.9 Å². The minimum absolute atomic E-state index is 0.0632. The van der Waals surface area contributed by atoms with Gasteiger partial charge in [-0.2, -0.15) is 0 Å². The first-order valence-electron chi connectivity index (χ1n) is 12.1. The number of carbonyl (C=O) groups is 3. The summed E-state index contributed by atoms with van der Waals surface area (Å²) < 4.78 is 5.53. The zero-order chi connectivity index (χ0) is 26.0. The van der Waals surface area contributed by atoms with E-state index in [0.717, 1.165) is 37.9 Å². The quantitative estimate of drug-likeness (QED) is 0.424. The van der Waals surface area contributed by atoms with E-state index in [0.29, 0.717) is 18.8 Å². The van der Waals surface area contributed by atoms with Crippen LogP contribution in [-0.4, -0.2) is 81.4 Å². The smallest absolute Gasteiger partial charge is 0.410 e. The highest BCUT2D eigenvalue weighted by Gasteiger charge is 2.43. The van der Waals surface area contributed by atoms with Gasteiger partial charge in [0.1, 0.15) is 5.60 Å². The van der Waals surface area contributed by atoms with Crippen molar-refractivity contribution in [2.24, 2.45) is 5.73 Å². The van der Waals surface area contributed by atoms with Gasteiger partial charge in [0.05, 0.1) is 0 Å². The molecular weight excluding hydrogens is 452 g/mol. The van der Waals surface area contributed by atoms with Crippen LogP contribution < -0.4 is 11.1 Å². The first-order valence-corrected chi connectivity index (χ1v) is 12.1. The third kappa shape index (κ3) is 6.43. The first-order chi connectivity index (χ1) is 16.3. The van der Waals surface area contributed by atoms with Crippen LogP contribution in [0.15, 0.2) is 18.2 Å². The molecule has 1 atom stereocenters. The number of carboxylic acid groups (broad SMARTS) is 2. The number of nitrogens with one attached hydrogen (secondary N) is 1. The highest BCUT2D eigenvalue weighted by molar-refractivity contribution is 6.00. The number of piperidine rings is 1. The summed E-state index contributed by atoms with van der Waals surface area (Å²) in [6, 6.07) is 5.02. The molecule has 2 aliphatic heterocycles. The molecule has 10 heteroatoms. The number of hydrogen-bond donors (Lipinski definition) is 4. The monoisotopic (exact) mass is 490 g/mol. The van der Waals surface area contributed by atoms with E-state index >= 15 is 0 Å². The number of hydrogen-bond acceptors (Lipinski definition) is 7. The van der Waals surface area contributed by atoms with Gasteiger partial charge in [-0.1, -0.05) is 12.1 Å². The maximum absolute atomic E-state index is 12.5. The van der Waals surface area contributed by atoms with Crippen molar-refractivity contribution in [2.45, 2.75) is 76.6 Å². The lowest BCUT2D eigenvalue weighted by Crippen LogP contribution is -2.53. The molecule has 1 amide bonds. The third-order valence-electron chi connectivity index (χ3n) is 6.88. The lowest BCUT2D eigenvalue weighted by atomic mass is 9.92. The second-order valence-corrected chi connectivity index (χ2v) is 10.8. The van der Waals surface area contributed by atoms with Crippen LogP contribution in [0.2, 0.25) is 0 Å². The maximum Gasteiger partial charge on any atom is 0.410 e. The van der Waals surface area contributed by atoms with Crippen molar-refractivity contribution in [1.29, 1.82) is 0 Å². The molecule has 2 fully saturated rings. The minimum atomic E-state index is -1.65. The summed E-state index contributed by atoms with van der Waals surface area (Å²) in [7, 11) is 0. The number of aliphatic carboxylic acids is 2. The van der Waals surface area contributed by atoms with Crippen LogP contribution in [0.1, 0.15) is 64.0 Å². The normalized spacial score (nSPS) is 21.8. The van der Waals surface area contributed by atoms with Crippen molar-refractivity contribution < 1.29 is 29.3 Å². The molecule has 2 heterocycles. The maximum atomic E-state index is 12.5. The van der Waals surface area contributed by atoms with Crippen LogP contribution in [-0.2, 0) is 20.9 Å². The standard InChI is InChI=1S/C25H38N4O6/c1-24(2,3)35-23(34)28-12-9-25(4,15-28)29-10-7-17(8-11-29)27-19-13-16(14-26)5-6-18(19)20(21(30)31)22(32)33/h5-6,13,17,20,27H,7-12,14-15,26H2,1-4H3,(H,30,31)(H,32,33). The molecular formula is C25H38N4O6. The molecule has 0 saturated carbocycles. The van der Waals surface area contributed by atoms with Crippen LogP contribution in [0.4, 0.5) is 10.5 Å². The first kappa shape index (κ1) is 26.7. The Morgan fingerprint density at radius 2 is 1.80 bits per heavy atom.